The van der Waals surface area contributed by atoms with Gasteiger partial charge in [0.25, 0.3) is 0 Å². The molecule has 2 aromatic carbocycles. The fourth-order valence-corrected chi connectivity index (χ4v) is 2.86. The summed E-state index contributed by atoms with van der Waals surface area (Å²) < 4.78 is 0. The molecule has 0 aliphatic heterocycles. The Morgan fingerprint density at radius 1 is 1.00 bits per heavy atom. The number of aromatic amines is 1. The number of fused-ring (bicyclic) bond motifs is 3. The largest absolute Gasteiger partial charge is 0.276 e. The maximum Gasteiger partial charge on any atom is 0.101 e. The lowest BCUT2D eigenvalue weighted by Gasteiger charge is -2.03. The molecule has 108 valence electrons. The maximum atomic E-state index is 4.60. The highest BCUT2D eigenvalue weighted by Crippen LogP contribution is 2.30. The first-order chi connectivity index (χ1) is 10.8. The molecule has 2 heterocycles. The Labute approximate surface area is 129 Å². The Morgan fingerprint density at radius 2 is 1.82 bits per heavy atom. The third-order valence-electron chi connectivity index (χ3n) is 4.20. The normalized spacial score (nSPS) is 11.4. The number of pyridine rings is 1. The zero-order valence-electron chi connectivity index (χ0n) is 12.7. The van der Waals surface area contributed by atoms with Gasteiger partial charge in [0.05, 0.1) is 11.0 Å². The van der Waals surface area contributed by atoms with Crippen LogP contribution < -0.4 is 0 Å². The smallest absolute Gasteiger partial charge is 0.101 e. The number of nitrogens with one attached hydrogen (secondary N) is 1. The van der Waals surface area contributed by atoms with Gasteiger partial charge in [0, 0.05) is 22.5 Å². The van der Waals surface area contributed by atoms with Gasteiger partial charge in [-0.1, -0.05) is 42.8 Å². The Hall–Kier alpha value is -2.68. The Bertz CT molecular complexity index is 965. The zero-order valence-corrected chi connectivity index (χ0v) is 12.7. The second kappa shape index (κ2) is 4.95. The minimum Gasteiger partial charge on any atom is -0.276 e. The highest BCUT2D eigenvalue weighted by atomic mass is 15.1. The molecule has 4 rings (SSSR count). The minimum absolute atomic E-state index is 0.964. The van der Waals surface area contributed by atoms with E-state index in [1.807, 2.05) is 6.20 Å². The maximum absolute atomic E-state index is 4.60. The van der Waals surface area contributed by atoms with Crippen LogP contribution in [0.3, 0.4) is 0 Å². The van der Waals surface area contributed by atoms with Crippen molar-refractivity contribution in [3.63, 3.8) is 0 Å². The number of benzene rings is 2. The molecule has 0 saturated carbocycles. The van der Waals surface area contributed by atoms with Crippen molar-refractivity contribution in [3.05, 3.63) is 59.8 Å². The number of aryl methyl sites for hydroxylation is 2. The first kappa shape index (κ1) is 13.0. The van der Waals surface area contributed by atoms with E-state index >= 15 is 0 Å². The van der Waals surface area contributed by atoms with Crippen molar-refractivity contribution >= 4 is 21.8 Å². The second-order valence-corrected chi connectivity index (χ2v) is 5.69. The van der Waals surface area contributed by atoms with Gasteiger partial charge in [-0.3, -0.25) is 10.1 Å². The summed E-state index contributed by atoms with van der Waals surface area (Å²) in [5, 5.41) is 9.96. The molecule has 4 aromatic rings. The first-order valence-corrected chi connectivity index (χ1v) is 7.59. The van der Waals surface area contributed by atoms with E-state index in [-0.39, 0.29) is 0 Å². The van der Waals surface area contributed by atoms with E-state index in [9.17, 15) is 0 Å². The van der Waals surface area contributed by atoms with Crippen LogP contribution in [0.15, 0.2) is 48.7 Å². The fourth-order valence-electron chi connectivity index (χ4n) is 2.86. The number of hydrogen-bond donors (Lipinski definition) is 1. The fraction of sp³-hybridized carbons (Fsp3) is 0.158. The van der Waals surface area contributed by atoms with Crippen molar-refractivity contribution in [1.29, 1.82) is 0 Å². The molecule has 0 spiro atoms. The first-order valence-electron chi connectivity index (χ1n) is 7.59. The molecule has 0 saturated heterocycles. The minimum atomic E-state index is 0.964. The van der Waals surface area contributed by atoms with E-state index in [0.29, 0.717) is 0 Å². The highest BCUT2D eigenvalue weighted by Gasteiger charge is 2.11. The standard InChI is InChI=1S/C19H17N3/c1-3-13-6-9-17-15(10-13)19-16(11-20-17)18(21-22-19)14-7-4-12(2)5-8-14/h4-11H,3H2,1-2H3,(H,21,22). The van der Waals surface area contributed by atoms with Crippen LogP contribution >= 0.6 is 0 Å². The number of H-pyrrole nitrogens is 1. The van der Waals surface area contributed by atoms with Crippen molar-refractivity contribution in [2.75, 3.05) is 0 Å². The highest BCUT2D eigenvalue weighted by molar-refractivity contribution is 6.07. The number of rotatable bonds is 2. The van der Waals surface area contributed by atoms with Gasteiger partial charge in [0.15, 0.2) is 0 Å². The van der Waals surface area contributed by atoms with E-state index in [0.717, 1.165) is 39.5 Å². The van der Waals surface area contributed by atoms with Gasteiger partial charge in [-0.05, 0) is 31.0 Å². The Balaban J connectivity index is 1.99. The number of hydrogen-bond acceptors (Lipinski definition) is 2. The second-order valence-electron chi connectivity index (χ2n) is 5.69. The molecule has 0 bridgehead atoms. The van der Waals surface area contributed by atoms with E-state index in [1.165, 1.54) is 11.1 Å². The third-order valence-corrected chi connectivity index (χ3v) is 4.20. The van der Waals surface area contributed by atoms with E-state index in [4.69, 9.17) is 0 Å². The molecule has 3 nitrogen and oxygen atoms in total. The van der Waals surface area contributed by atoms with E-state index < -0.39 is 0 Å². The van der Waals surface area contributed by atoms with Gasteiger partial charge in [0.2, 0.25) is 0 Å². The van der Waals surface area contributed by atoms with Crippen LogP contribution in [0.1, 0.15) is 18.1 Å². The SMILES string of the molecule is CCc1ccc2ncc3c(-c4ccc(C)cc4)n[nH]c3c2c1. The van der Waals surface area contributed by atoms with Crippen LogP contribution in [-0.2, 0) is 6.42 Å². The van der Waals surface area contributed by atoms with Crippen molar-refractivity contribution in [2.45, 2.75) is 20.3 Å². The summed E-state index contributed by atoms with van der Waals surface area (Å²) in [6.45, 7) is 4.26. The molecule has 0 amide bonds. The monoisotopic (exact) mass is 287 g/mol. The quantitative estimate of drug-likeness (QED) is 0.583. The molecule has 22 heavy (non-hydrogen) atoms. The van der Waals surface area contributed by atoms with Crippen LogP contribution in [0.25, 0.3) is 33.1 Å². The molecule has 1 N–H and O–H groups in total. The lowest BCUT2D eigenvalue weighted by atomic mass is 10.0. The summed E-state index contributed by atoms with van der Waals surface area (Å²) in [4.78, 5) is 4.60. The summed E-state index contributed by atoms with van der Waals surface area (Å²) in [6, 6.07) is 14.9. The molecule has 0 atom stereocenters. The summed E-state index contributed by atoms with van der Waals surface area (Å²) in [5.74, 6) is 0. The van der Waals surface area contributed by atoms with E-state index in [1.54, 1.807) is 0 Å². The predicted octanol–water partition coefficient (Wildman–Crippen LogP) is 4.65. The van der Waals surface area contributed by atoms with Crippen LogP contribution in [0.2, 0.25) is 0 Å². The lowest BCUT2D eigenvalue weighted by Crippen LogP contribution is -1.85. The lowest BCUT2D eigenvalue weighted by molar-refractivity contribution is 1.12. The van der Waals surface area contributed by atoms with Gasteiger partial charge in [-0.2, -0.15) is 5.10 Å². The third kappa shape index (κ3) is 1.98. The van der Waals surface area contributed by atoms with Gasteiger partial charge >= 0.3 is 0 Å². The predicted molar refractivity (Wildman–Crippen MR) is 90.9 cm³/mol. The molecule has 0 aliphatic rings. The number of nitrogens with zero attached hydrogens (tertiary/aromatic N) is 2. The number of aromatic nitrogens is 3. The molecule has 0 fully saturated rings. The summed E-state index contributed by atoms with van der Waals surface area (Å²) in [7, 11) is 0. The molecule has 0 unspecified atom stereocenters. The van der Waals surface area contributed by atoms with Gasteiger partial charge in [-0.15, -0.1) is 0 Å². The molecular weight excluding hydrogens is 270 g/mol. The average Bonchev–Trinajstić information content (AvgIpc) is 2.99. The average molecular weight is 287 g/mol. The van der Waals surface area contributed by atoms with Gasteiger partial charge in [-0.25, -0.2) is 0 Å². The van der Waals surface area contributed by atoms with E-state index in [2.05, 4.69) is 71.5 Å². The van der Waals surface area contributed by atoms with Crippen molar-refractivity contribution in [2.24, 2.45) is 0 Å². The molecule has 0 aliphatic carbocycles. The molecule has 3 heteroatoms. The van der Waals surface area contributed by atoms with Gasteiger partial charge < -0.3 is 0 Å². The van der Waals surface area contributed by atoms with Crippen molar-refractivity contribution < 1.29 is 0 Å². The Kier molecular flexibility index (Phi) is 2.93. The molecular formula is C19H17N3. The van der Waals surface area contributed by atoms with Crippen LogP contribution in [0.5, 0.6) is 0 Å². The van der Waals surface area contributed by atoms with Crippen LogP contribution in [0.4, 0.5) is 0 Å². The van der Waals surface area contributed by atoms with Crippen molar-refractivity contribution in [1.82, 2.24) is 15.2 Å². The molecule has 2 aromatic heterocycles. The molecule has 0 radical (unpaired) electrons. The summed E-state index contributed by atoms with van der Waals surface area (Å²) in [5.41, 5.74) is 6.71. The van der Waals surface area contributed by atoms with Gasteiger partial charge in [0.1, 0.15) is 5.69 Å². The van der Waals surface area contributed by atoms with Crippen LogP contribution in [0, 0.1) is 6.92 Å². The van der Waals surface area contributed by atoms with Crippen LogP contribution in [-0.4, -0.2) is 15.2 Å². The van der Waals surface area contributed by atoms with Crippen molar-refractivity contribution in [3.8, 4) is 11.3 Å². The zero-order chi connectivity index (χ0) is 15.1. The Morgan fingerprint density at radius 3 is 2.59 bits per heavy atom. The summed E-state index contributed by atoms with van der Waals surface area (Å²) >= 11 is 0. The summed E-state index contributed by atoms with van der Waals surface area (Å²) in [6.07, 6.45) is 2.94. The topological polar surface area (TPSA) is 41.6 Å².